The van der Waals surface area contributed by atoms with Crippen molar-refractivity contribution in [2.24, 2.45) is 5.41 Å². The van der Waals surface area contributed by atoms with E-state index in [4.69, 9.17) is 9.47 Å². The molecular weight excluding hydrogens is 627 g/mol. The molecule has 0 unspecified atom stereocenters. The van der Waals surface area contributed by atoms with Gasteiger partial charge in [0.25, 0.3) is 5.91 Å². The molecular formula is C33H47FN6O6S. The number of hydrogen-bond donors (Lipinski definition) is 2. The summed E-state index contributed by atoms with van der Waals surface area (Å²) in [7, 11) is -3.32. The summed E-state index contributed by atoms with van der Waals surface area (Å²) in [5.41, 5.74) is 0.290. The van der Waals surface area contributed by atoms with Gasteiger partial charge in [-0.1, -0.05) is 6.92 Å². The van der Waals surface area contributed by atoms with Crippen LogP contribution in [0.1, 0.15) is 69.7 Å². The highest BCUT2D eigenvalue weighted by Gasteiger charge is 2.46. The van der Waals surface area contributed by atoms with Gasteiger partial charge in [0, 0.05) is 43.7 Å². The standard InChI is InChI=1S/C33H47FN6O6S/c1-4-37-47(43,44)27-7-6-26(45-18-27)17-38-11-9-33(10-12-38)19-39(20-33)31-30(16-35-21-36-31)46-29-8-5-23(34)13-28(29)32(42)40(22(2)3)24-14-25(41)15-24/h5,8,13,16,21-22,24-27,37,41H,4,6-7,9-12,14-15,17-20H2,1-3H3/t24?,25?,26-,27+/m0/s1. The number of aliphatic hydroxyl groups excluding tert-OH is 1. The molecule has 1 aromatic heterocycles. The number of rotatable bonds is 11. The summed E-state index contributed by atoms with van der Waals surface area (Å²) in [6.07, 6.45) is 7.10. The first-order valence-electron chi connectivity index (χ1n) is 16.8. The number of likely N-dealkylation sites (tertiary alicyclic amines) is 1. The molecule has 1 amide bonds. The van der Waals surface area contributed by atoms with Gasteiger partial charge in [-0.05, 0) is 83.7 Å². The van der Waals surface area contributed by atoms with Gasteiger partial charge in [0.1, 0.15) is 17.9 Å². The summed E-state index contributed by atoms with van der Waals surface area (Å²) in [5, 5.41) is 9.38. The number of ether oxygens (including phenoxy) is 2. The average molecular weight is 675 g/mol. The molecule has 12 nitrogen and oxygen atoms in total. The molecule has 2 aromatic rings. The lowest BCUT2D eigenvalue weighted by Gasteiger charge is -2.54. The number of nitrogens with one attached hydrogen (secondary N) is 1. The Balaban J connectivity index is 1.05. The number of sulfonamides is 1. The highest BCUT2D eigenvalue weighted by Crippen LogP contribution is 2.45. The molecule has 4 aliphatic rings. The van der Waals surface area contributed by atoms with Crippen LogP contribution in [0.2, 0.25) is 0 Å². The van der Waals surface area contributed by atoms with Crippen molar-refractivity contribution in [1.29, 1.82) is 0 Å². The highest BCUT2D eigenvalue weighted by molar-refractivity contribution is 7.90. The second-order valence-electron chi connectivity index (χ2n) is 13.9. The fourth-order valence-electron chi connectivity index (χ4n) is 7.46. The Morgan fingerprint density at radius 2 is 1.96 bits per heavy atom. The largest absolute Gasteiger partial charge is 0.451 e. The van der Waals surface area contributed by atoms with Gasteiger partial charge < -0.3 is 29.3 Å². The van der Waals surface area contributed by atoms with Crippen molar-refractivity contribution in [3.63, 3.8) is 0 Å². The fraction of sp³-hybridized carbons (Fsp3) is 0.667. The van der Waals surface area contributed by atoms with E-state index < -0.39 is 27.2 Å². The molecule has 2 N–H and O–H groups in total. The van der Waals surface area contributed by atoms with Crippen molar-refractivity contribution in [2.75, 3.05) is 50.8 Å². The summed E-state index contributed by atoms with van der Waals surface area (Å²) in [6, 6.07) is 3.71. The zero-order valence-corrected chi connectivity index (χ0v) is 28.3. The Hall–Kier alpha value is -2.91. The van der Waals surface area contributed by atoms with E-state index in [1.807, 2.05) is 13.8 Å². The summed E-state index contributed by atoms with van der Waals surface area (Å²) < 4.78 is 54.0. The molecule has 1 aromatic carbocycles. The van der Waals surface area contributed by atoms with Crippen LogP contribution >= 0.6 is 0 Å². The van der Waals surface area contributed by atoms with Gasteiger partial charge in [-0.2, -0.15) is 0 Å². The number of hydrogen-bond acceptors (Lipinski definition) is 10. The third-order valence-electron chi connectivity index (χ3n) is 10.2. The maximum atomic E-state index is 14.5. The Morgan fingerprint density at radius 3 is 2.60 bits per heavy atom. The van der Waals surface area contributed by atoms with Gasteiger partial charge in [-0.3, -0.25) is 4.79 Å². The van der Waals surface area contributed by atoms with Gasteiger partial charge in [-0.15, -0.1) is 0 Å². The van der Waals surface area contributed by atoms with Crippen molar-refractivity contribution in [2.45, 2.75) is 88.8 Å². The summed E-state index contributed by atoms with van der Waals surface area (Å²) in [6.45, 7) is 10.6. The SMILES string of the molecule is CCNS(=O)(=O)[C@@H]1CC[C@@H](CN2CCC3(CC2)CN(c2ncncc2Oc2ccc(F)cc2C(=O)N(C(C)C)C2CC(O)C2)C3)OC1. The number of aromatic nitrogens is 2. The minimum Gasteiger partial charge on any atom is -0.451 e. The summed E-state index contributed by atoms with van der Waals surface area (Å²) >= 11 is 0. The van der Waals surface area contributed by atoms with E-state index >= 15 is 0 Å². The van der Waals surface area contributed by atoms with Crippen LogP contribution in [0.3, 0.4) is 0 Å². The van der Waals surface area contributed by atoms with Crippen LogP contribution < -0.4 is 14.4 Å². The molecule has 258 valence electrons. The molecule has 6 rings (SSSR count). The Labute approximate surface area is 276 Å². The van der Waals surface area contributed by atoms with Crippen molar-refractivity contribution in [3.8, 4) is 11.5 Å². The van der Waals surface area contributed by atoms with E-state index in [1.54, 1.807) is 18.0 Å². The van der Waals surface area contributed by atoms with Crippen LogP contribution in [0.4, 0.5) is 10.2 Å². The molecule has 1 saturated carbocycles. The van der Waals surface area contributed by atoms with E-state index in [9.17, 15) is 22.7 Å². The summed E-state index contributed by atoms with van der Waals surface area (Å²) in [5.74, 6) is 0.402. The third-order valence-corrected chi connectivity index (χ3v) is 12.1. The van der Waals surface area contributed by atoms with Gasteiger partial charge in [-0.25, -0.2) is 27.5 Å². The second kappa shape index (κ2) is 13.9. The zero-order chi connectivity index (χ0) is 33.3. The molecule has 4 fully saturated rings. The van der Waals surface area contributed by atoms with Crippen LogP contribution in [0.5, 0.6) is 11.5 Å². The van der Waals surface area contributed by atoms with Crippen LogP contribution in [-0.4, -0.2) is 115 Å². The quantitative estimate of drug-likeness (QED) is 0.366. The zero-order valence-electron chi connectivity index (χ0n) is 27.5. The van der Waals surface area contributed by atoms with Gasteiger partial charge in [0.15, 0.2) is 11.6 Å². The molecule has 3 saturated heterocycles. The van der Waals surface area contributed by atoms with E-state index in [1.165, 1.54) is 24.5 Å². The molecule has 0 bridgehead atoms. The number of amides is 1. The number of halogens is 1. The van der Waals surface area contributed by atoms with Crippen LogP contribution in [-0.2, 0) is 14.8 Å². The monoisotopic (exact) mass is 674 g/mol. The number of carbonyl (C=O) groups excluding carboxylic acids is 1. The van der Waals surface area contributed by atoms with Crippen molar-refractivity contribution in [3.05, 3.63) is 42.1 Å². The predicted octanol–water partition coefficient (Wildman–Crippen LogP) is 3.17. The van der Waals surface area contributed by atoms with Crippen LogP contribution in [0, 0.1) is 11.2 Å². The number of piperidine rings is 1. The minimum absolute atomic E-state index is 0.0481. The van der Waals surface area contributed by atoms with Crippen molar-refractivity contribution >= 4 is 21.7 Å². The maximum absolute atomic E-state index is 14.5. The van der Waals surface area contributed by atoms with Crippen molar-refractivity contribution < 1.29 is 32.2 Å². The number of nitrogens with zero attached hydrogens (tertiary/aromatic N) is 5. The Kier molecular flexibility index (Phi) is 10.1. The van der Waals surface area contributed by atoms with E-state index in [0.29, 0.717) is 37.4 Å². The first-order chi connectivity index (χ1) is 22.5. The Bertz CT molecular complexity index is 1520. The lowest BCUT2D eigenvalue weighted by molar-refractivity contribution is -0.0194. The molecule has 1 aliphatic carbocycles. The van der Waals surface area contributed by atoms with E-state index in [0.717, 1.165) is 52.0 Å². The molecule has 2 atom stereocenters. The lowest BCUT2D eigenvalue weighted by atomic mass is 9.72. The van der Waals surface area contributed by atoms with Gasteiger partial charge in [0.05, 0.1) is 35.8 Å². The maximum Gasteiger partial charge on any atom is 0.258 e. The molecule has 47 heavy (non-hydrogen) atoms. The van der Waals surface area contributed by atoms with Crippen LogP contribution in [0.15, 0.2) is 30.7 Å². The topological polar surface area (TPSA) is 137 Å². The summed E-state index contributed by atoms with van der Waals surface area (Å²) in [4.78, 5) is 28.7. The third kappa shape index (κ3) is 7.41. The first kappa shape index (κ1) is 34.0. The first-order valence-corrected chi connectivity index (χ1v) is 18.4. The van der Waals surface area contributed by atoms with E-state index in [-0.39, 0.29) is 47.4 Å². The number of anilines is 1. The molecule has 4 heterocycles. The normalized spacial score (nSPS) is 26.1. The highest BCUT2D eigenvalue weighted by atomic mass is 32.2. The molecule has 14 heteroatoms. The number of aliphatic hydroxyl groups is 1. The number of carbonyl (C=O) groups is 1. The lowest BCUT2D eigenvalue weighted by Crippen LogP contribution is -2.61. The fourth-order valence-corrected chi connectivity index (χ4v) is 8.80. The smallest absolute Gasteiger partial charge is 0.258 e. The second-order valence-corrected chi connectivity index (χ2v) is 15.9. The Morgan fingerprint density at radius 1 is 1.21 bits per heavy atom. The molecule has 0 radical (unpaired) electrons. The van der Waals surface area contributed by atoms with Gasteiger partial charge in [0.2, 0.25) is 10.0 Å². The average Bonchev–Trinajstić information content (AvgIpc) is 3.01. The van der Waals surface area contributed by atoms with Crippen molar-refractivity contribution in [1.82, 2.24) is 24.5 Å². The number of benzene rings is 1. The van der Waals surface area contributed by atoms with Gasteiger partial charge >= 0.3 is 0 Å². The minimum atomic E-state index is -3.32. The predicted molar refractivity (Wildman–Crippen MR) is 175 cm³/mol. The van der Waals surface area contributed by atoms with E-state index in [2.05, 4.69) is 24.5 Å². The molecule has 3 aliphatic heterocycles. The van der Waals surface area contributed by atoms with Crippen LogP contribution in [0.25, 0.3) is 0 Å². The molecule has 1 spiro atoms.